The third-order valence-electron chi connectivity index (χ3n) is 3.51. The predicted molar refractivity (Wildman–Crippen MR) is 121 cm³/mol. The first-order valence-electron chi connectivity index (χ1n) is 8.64. The number of aryl methyl sites for hydroxylation is 1. The molecule has 0 aromatic heterocycles. The van der Waals surface area contributed by atoms with Crippen molar-refractivity contribution in [2.75, 3.05) is 50.4 Å². The molecule has 1 aromatic carbocycles. The van der Waals surface area contributed by atoms with Gasteiger partial charge in [-0.05, 0) is 38.5 Å². The van der Waals surface area contributed by atoms with E-state index in [9.17, 15) is 8.42 Å². The molecule has 0 aliphatic carbocycles. The molecule has 26 heavy (non-hydrogen) atoms. The normalized spacial score (nSPS) is 11.6. The number of nitrogens with one attached hydrogen (secondary N) is 3. The van der Waals surface area contributed by atoms with Gasteiger partial charge in [0.15, 0.2) is 5.96 Å². The van der Waals surface area contributed by atoms with Crippen LogP contribution in [0.5, 0.6) is 0 Å². The van der Waals surface area contributed by atoms with E-state index in [1.807, 2.05) is 6.92 Å². The molecule has 0 aliphatic rings. The molecule has 0 amide bonds. The maximum Gasteiger partial charge on any atom is 0.208 e. The molecule has 0 unspecified atom stereocenters. The van der Waals surface area contributed by atoms with Crippen molar-refractivity contribution in [2.24, 2.45) is 4.99 Å². The maximum atomic E-state index is 11.0. The highest BCUT2D eigenvalue weighted by Crippen LogP contribution is 2.14. The van der Waals surface area contributed by atoms with Crippen molar-refractivity contribution < 1.29 is 8.42 Å². The summed E-state index contributed by atoms with van der Waals surface area (Å²) in [5, 5.41) is 6.45. The molecule has 7 nitrogen and oxygen atoms in total. The molecular weight excluding hydrogens is 465 g/mol. The molecule has 0 heterocycles. The Hall–Kier alpha value is -1.07. The minimum atomic E-state index is -3.17. The first-order chi connectivity index (χ1) is 11.9. The zero-order valence-electron chi connectivity index (χ0n) is 16.1. The van der Waals surface area contributed by atoms with Gasteiger partial charge in [0.25, 0.3) is 0 Å². The SMILES string of the molecule is CCNC(=NCCNS(C)(=O)=O)NCCN(CC)c1cccc(C)c1.I. The highest BCUT2D eigenvalue weighted by Gasteiger charge is 2.05. The van der Waals surface area contributed by atoms with Crippen molar-refractivity contribution in [2.45, 2.75) is 20.8 Å². The molecular formula is C17H32IN5O2S. The van der Waals surface area contributed by atoms with Crippen LogP contribution in [0.4, 0.5) is 5.69 Å². The monoisotopic (exact) mass is 497 g/mol. The molecule has 0 spiro atoms. The standard InChI is InChI=1S/C17H31N5O2S.HI/c1-5-18-17(19-10-11-21-25(4,23)24)20-12-13-22(6-2)16-9-7-8-15(3)14-16;/h7-9,14,21H,5-6,10-13H2,1-4H3,(H2,18,19,20);1H. The van der Waals surface area contributed by atoms with Gasteiger partial charge >= 0.3 is 0 Å². The van der Waals surface area contributed by atoms with E-state index in [-0.39, 0.29) is 24.0 Å². The molecule has 0 saturated carbocycles. The van der Waals surface area contributed by atoms with E-state index < -0.39 is 10.0 Å². The van der Waals surface area contributed by atoms with Gasteiger partial charge in [-0.15, -0.1) is 24.0 Å². The summed E-state index contributed by atoms with van der Waals surface area (Å²) in [6.45, 7) is 10.2. The Kier molecular flexibility index (Phi) is 12.6. The Labute approximate surface area is 175 Å². The maximum absolute atomic E-state index is 11.0. The summed E-state index contributed by atoms with van der Waals surface area (Å²) in [5.41, 5.74) is 2.46. The number of aliphatic imine (C=N–C) groups is 1. The van der Waals surface area contributed by atoms with E-state index in [1.54, 1.807) is 0 Å². The first-order valence-corrected chi connectivity index (χ1v) is 10.5. The summed E-state index contributed by atoms with van der Waals surface area (Å²) >= 11 is 0. The fourth-order valence-electron chi connectivity index (χ4n) is 2.34. The van der Waals surface area contributed by atoms with Crippen molar-refractivity contribution in [1.29, 1.82) is 0 Å². The fraction of sp³-hybridized carbons (Fsp3) is 0.588. The quantitative estimate of drug-likeness (QED) is 0.198. The van der Waals surface area contributed by atoms with E-state index in [2.05, 4.69) is 63.4 Å². The third-order valence-corrected chi connectivity index (χ3v) is 4.24. The number of hydrogen-bond donors (Lipinski definition) is 3. The molecule has 150 valence electrons. The molecule has 1 aromatic rings. The van der Waals surface area contributed by atoms with Crippen molar-refractivity contribution in [3.05, 3.63) is 29.8 Å². The number of sulfonamides is 1. The van der Waals surface area contributed by atoms with Crippen LogP contribution < -0.4 is 20.3 Å². The predicted octanol–water partition coefficient (Wildman–Crippen LogP) is 1.54. The van der Waals surface area contributed by atoms with Gasteiger partial charge < -0.3 is 15.5 Å². The van der Waals surface area contributed by atoms with Crippen molar-refractivity contribution in [3.63, 3.8) is 0 Å². The topological polar surface area (TPSA) is 85.8 Å². The van der Waals surface area contributed by atoms with Crippen LogP contribution in [0, 0.1) is 6.92 Å². The second-order valence-corrected chi connectivity index (χ2v) is 7.61. The van der Waals surface area contributed by atoms with Gasteiger partial charge in [-0.1, -0.05) is 12.1 Å². The lowest BCUT2D eigenvalue weighted by Crippen LogP contribution is -2.42. The molecule has 0 aliphatic heterocycles. The van der Waals surface area contributed by atoms with Gasteiger partial charge in [-0.25, -0.2) is 13.1 Å². The van der Waals surface area contributed by atoms with Crippen LogP contribution in [0.3, 0.4) is 0 Å². The van der Waals surface area contributed by atoms with Gasteiger partial charge in [0.2, 0.25) is 10.0 Å². The fourth-order valence-corrected chi connectivity index (χ4v) is 2.81. The Bertz CT molecular complexity index is 652. The molecule has 1 rings (SSSR count). The van der Waals surface area contributed by atoms with E-state index in [1.165, 1.54) is 11.3 Å². The number of nitrogens with zero attached hydrogens (tertiary/aromatic N) is 2. The minimum absolute atomic E-state index is 0. The highest BCUT2D eigenvalue weighted by molar-refractivity contribution is 14.0. The third kappa shape index (κ3) is 10.8. The van der Waals surface area contributed by atoms with E-state index in [0.29, 0.717) is 19.0 Å². The molecule has 0 saturated heterocycles. The van der Waals surface area contributed by atoms with E-state index in [0.717, 1.165) is 32.4 Å². The Balaban J connectivity index is 0.00000625. The van der Waals surface area contributed by atoms with Crippen LogP contribution in [-0.2, 0) is 10.0 Å². The molecule has 0 radical (unpaired) electrons. The minimum Gasteiger partial charge on any atom is -0.370 e. The number of halogens is 1. The zero-order chi connectivity index (χ0) is 18.7. The van der Waals surface area contributed by atoms with E-state index in [4.69, 9.17) is 0 Å². The van der Waals surface area contributed by atoms with Gasteiger partial charge in [0.1, 0.15) is 0 Å². The van der Waals surface area contributed by atoms with E-state index >= 15 is 0 Å². The van der Waals surface area contributed by atoms with Crippen LogP contribution in [0.15, 0.2) is 29.3 Å². The number of anilines is 1. The summed E-state index contributed by atoms with van der Waals surface area (Å²) < 4.78 is 24.5. The van der Waals surface area contributed by atoms with Crippen LogP contribution in [0.25, 0.3) is 0 Å². The number of guanidine groups is 1. The van der Waals surface area contributed by atoms with Crippen molar-refractivity contribution >= 4 is 45.6 Å². The van der Waals surface area contributed by atoms with Crippen molar-refractivity contribution in [1.82, 2.24) is 15.4 Å². The summed E-state index contributed by atoms with van der Waals surface area (Å²) in [5.74, 6) is 0.693. The number of hydrogen-bond acceptors (Lipinski definition) is 4. The molecule has 0 bridgehead atoms. The van der Waals surface area contributed by atoms with Gasteiger partial charge in [0.05, 0.1) is 12.8 Å². The number of likely N-dealkylation sites (N-methyl/N-ethyl adjacent to an activating group) is 1. The summed E-state index contributed by atoms with van der Waals surface area (Å²) in [4.78, 5) is 6.68. The van der Waals surface area contributed by atoms with Gasteiger partial charge in [-0.2, -0.15) is 0 Å². The summed E-state index contributed by atoms with van der Waals surface area (Å²) in [7, 11) is -3.17. The van der Waals surface area contributed by atoms with Gasteiger partial charge in [0, 0.05) is 38.4 Å². The largest absolute Gasteiger partial charge is 0.370 e. The highest BCUT2D eigenvalue weighted by atomic mass is 127. The lowest BCUT2D eigenvalue weighted by atomic mass is 10.2. The molecule has 9 heteroatoms. The summed E-state index contributed by atoms with van der Waals surface area (Å²) in [6, 6.07) is 8.46. The molecule has 0 atom stereocenters. The van der Waals surface area contributed by atoms with Crippen LogP contribution in [0.1, 0.15) is 19.4 Å². The first kappa shape index (κ1) is 24.9. The van der Waals surface area contributed by atoms with Gasteiger partial charge in [-0.3, -0.25) is 4.99 Å². The molecule has 0 fully saturated rings. The second-order valence-electron chi connectivity index (χ2n) is 5.77. The smallest absolute Gasteiger partial charge is 0.208 e. The lowest BCUT2D eigenvalue weighted by molar-refractivity contribution is 0.588. The Morgan fingerprint density at radius 2 is 1.92 bits per heavy atom. The second kappa shape index (κ2) is 13.2. The average molecular weight is 497 g/mol. The molecule has 3 N–H and O–H groups in total. The number of rotatable bonds is 10. The van der Waals surface area contributed by atoms with Crippen LogP contribution in [-0.4, -0.2) is 59.9 Å². The Morgan fingerprint density at radius 3 is 2.50 bits per heavy atom. The summed E-state index contributed by atoms with van der Waals surface area (Å²) in [6.07, 6.45) is 1.14. The van der Waals surface area contributed by atoms with Crippen LogP contribution >= 0.6 is 24.0 Å². The average Bonchev–Trinajstić information content (AvgIpc) is 2.54. The zero-order valence-corrected chi connectivity index (χ0v) is 19.2. The Morgan fingerprint density at radius 1 is 1.19 bits per heavy atom. The lowest BCUT2D eigenvalue weighted by Gasteiger charge is -2.24. The number of benzene rings is 1. The van der Waals surface area contributed by atoms with Crippen molar-refractivity contribution in [3.8, 4) is 0 Å². The van der Waals surface area contributed by atoms with Crippen LogP contribution in [0.2, 0.25) is 0 Å².